The molecule has 0 saturated carbocycles. The summed E-state index contributed by atoms with van der Waals surface area (Å²) in [5, 5.41) is 9.92. The van der Waals surface area contributed by atoms with Crippen LogP contribution in [0.5, 0.6) is 0 Å². The molecule has 0 bridgehead atoms. The minimum Gasteiger partial charge on any atom is -0.388 e. The number of carbonyl (C=O) groups is 1. The molecule has 1 amide bonds. The molecule has 3 rings (SSSR count). The standard InChI is InChI=1S/C22H27NO2/c1-2-21(24)18-12-10-17(11-13-18)19-8-7-9-20(16-19)22(25)23-14-5-3-4-6-15-23/h7-13,16,21,24H,2-6,14-15H2,1H3/t21-/m1/s1. The van der Waals surface area contributed by atoms with Crippen LogP contribution in [0, 0.1) is 0 Å². The highest BCUT2D eigenvalue weighted by Crippen LogP contribution is 2.25. The van der Waals surface area contributed by atoms with Crippen LogP contribution >= 0.6 is 0 Å². The minimum atomic E-state index is -0.412. The van der Waals surface area contributed by atoms with Gasteiger partial charge in [-0.3, -0.25) is 4.79 Å². The average molecular weight is 337 g/mol. The van der Waals surface area contributed by atoms with Crippen LogP contribution in [-0.2, 0) is 0 Å². The van der Waals surface area contributed by atoms with Crippen molar-refractivity contribution in [1.29, 1.82) is 0 Å². The topological polar surface area (TPSA) is 40.5 Å². The normalized spacial score (nSPS) is 16.3. The first-order valence-electron chi connectivity index (χ1n) is 9.37. The van der Waals surface area contributed by atoms with Crippen molar-refractivity contribution < 1.29 is 9.90 Å². The van der Waals surface area contributed by atoms with Gasteiger partial charge in [0.1, 0.15) is 0 Å². The van der Waals surface area contributed by atoms with Gasteiger partial charge in [-0.05, 0) is 48.1 Å². The molecule has 1 fully saturated rings. The first-order valence-corrected chi connectivity index (χ1v) is 9.37. The second kappa shape index (κ2) is 8.30. The van der Waals surface area contributed by atoms with E-state index in [1.807, 2.05) is 60.4 Å². The lowest BCUT2D eigenvalue weighted by Gasteiger charge is -2.20. The fourth-order valence-electron chi connectivity index (χ4n) is 3.42. The largest absolute Gasteiger partial charge is 0.388 e. The number of nitrogens with zero attached hydrogens (tertiary/aromatic N) is 1. The molecule has 25 heavy (non-hydrogen) atoms. The summed E-state index contributed by atoms with van der Waals surface area (Å²) in [4.78, 5) is 14.8. The van der Waals surface area contributed by atoms with Crippen LogP contribution in [0.4, 0.5) is 0 Å². The van der Waals surface area contributed by atoms with Crippen molar-refractivity contribution in [2.24, 2.45) is 0 Å². The summed E-state index contributed by atoms with van der Waals surface area (Å²) in [6, 6.07) is 15.8. The Morgan fingerprint density at radius 3 is 2.32 bits per heavy atom. The van der Waals surface area contributed by atoms with Gasteiger partial charge in [-0.2, -0.15) is 0 Å². The summed E-state index contributed by atoms with van der Waals surface area (Å²) in [6.45, 7) is 3.70. The van der Waals surface area contributed by atoms with Crippen molar-refractivity contribution >= 4 is 5.91 Å². The molecule has 3 heteroatoms. The predicted octanol–water partition coefficient (Wildman–Crippen LogP) is 4.81. The molecule has 0 radical (unpaired) electrons. The maximum absolute atomic E-state index is 12.8. The summed E-state index contributed by atoms with van der Waals surface area (Å²) >= 11 is 0. The molecule has 0 unspecified atom stereocenters. The van der Waals surface area contributed by atoms with Crippen molar-refractivity contribution in [3.63, 3.8) is 0 Å². The minimum absolute atomic E-state index is 0.141. The van der Waals surface area contributed by atoms with Gasteiger partial charge in [0.05, 0.1) is 6.10 Å². The molecule has 0 aliphatic carbocycles. The molecule has 0 spiro atoms. The van der Waals surface area contributed by atoms with Crippen molar-refractivity contribution in [1.82, 2.24) is 4.90 Å². The number of benzene rings is 2. The van der Waals surface area contributed by atoms with Crippen LogP contribution in [0.3, 0.4) is 0 Å². The Balaban J connectivity index is 1.80. The number of likely N-dealkylation sites (tertiary alicyclic amines) is 1. The van der Waals surface area contributed by atoms with E-state index < -0.39 is 6.10 Å². The highest BCUT2D eigenvalue weighted by molar-refractivity contribution is 5.95. The molecule has 132 valence electrons. The quantitative estimate of drug-likeness (QED) is 0.869. The number of aliphatic hydroxyl groups excluding tert-OH is 1. The van der Waals surface area contributed by atoms with Crippen molar-refractivity contribution in [2.45, 2.75) is 45.1 Å². The van der Waals surface area contributed by atoms with Gasteiger partial charge in [0, 0.05) is 18.7 Å². The molecule has 2 aromatic rings. The smallest absolute Gasteiger partial charge is 0.253 e. The van der Waals surface area contributed by atoms with E-state index in [-0.39, 0.29) is 5.91 Å². The highest BCUT2D eigenvalue weighted by Gasteiger charge is 2.17. The van der Waals surface area contributed by atoms with E-state index in [1.54, 1.807) is 0 Å². The SMILES string of the molecule is CC[C@@H](O)c1ccc(-c2cccc(C(=O)N3CCCCCC3)c2)cc1. The molecule has 1 heterocycles. The molecule has 1 aliphatic heterocycles. The predicted molar refractivity (Wildman–Crippen MR) is 102 cm³/mol. The van der Waals surface area contributed by atoms with E-state index >= 15 is 0 Å². The van der Waals surface area contributed by atoms with Gasteiger partial charge in [-0.25, -0.2) is 0 Å². The lowest BCUT2D eigenvalue weighted by atomic mass is 9.99. The number of carbonyl (C=O) groups excluding carboxylic acids is 1. The lowest BCUT2D eigenvalue weighted by molar-refractivity contribution is 0.0761. The summed E-state index contributed by atoms with van der Waals surface area (Å²) in [6.07, 6.45) is 4.95. The van der Waals surface area contributed by atoms with Gasteiger partial charge in [-0.1, -0.05) is 56.2 Å². The van der Waals surface area contributed by atoms with E-state index in [1.165, 1.54) is 12.8 Å². The fraction of sp³-hybridized carbons (Fsp3) is 0.409. The number of rotatable bonds is 4. The molecule has 2 aromatic carbocycles. The highest BCUT2D eigenvalue weighted by atomic mass is 16.3. The van der Waals surface area contributed by atoms with Crippen molar-refractivity contribution in [2.75, 3.05) is 13.1 Å². The maximum atomic E-state index is 12.8. The molecule has 3 nitrogen and oxygen atoms in total. The third-order valence-corrected chi connectivity index (χ3v) is 5.02. The fourth-order valence-corrected chi connectivity index (χ4v) is 3.42. The van der Waals surface area contributed by atoms with Gasteiger partial charge in [0.2, 0.25) is 0 Å². The lowest BCUT2D eigenvalue weighted by Crippen LogP contribution is -2.31. The monoisotopic (exact) mass is 337 g/mol. The Bertz CT molecular complexity index is 700. The van der Waals surface area contributed by atoms with E-state index in [9.17, 15) is 9.90 Å². The number of hydrogen-bond acceptors (Lipinski definition) is 2. The second-order valence-electron chi connectivity index (χ2n) is 6.83. The maximum Gasteiger partial charge on any atom is 0.253 e. The third-order valence-electron chi connectivity index (χ3n) is 5.02. The van der Waals surface area contributed by atoms with Crippen molar-refractivity contribution in [3.8, 4) is 11.1 Å². The van der Waals surface area contributed by atoms with E-state index in [0.29, 0.717) is 6.42 Å². The molecule has 1 saturated heterocycles. The summed E-state index contributed by atoms with van der Waals surface area (Å²) < 4.78 is 0. The Morgan fingerprint density at radius 1 is 1.00 bits per heavy atom. The van der Waals surface area contributed by atoms with Gasteiger partial charge in [-0.15, -0.1) is 0 Å². The van der Waals surface area contributed by atoms with Gasteiger partial charge >= 0.3 is 0 Å². The molecular weight excluding hydrogens is 310 g/mol. The van der Waals surface area contributed by atoms with E-state index in [0.717, 1.165) is 48.2 Å². The van der Waals surface area contributed by atoms with Crippen LogP contribution in [-0.4, -0.2) is 29.0 Å². The zero-order chi connectivity index (χ0) is 17.6. The van der Waals surface area contributed by atoms with Gasteiger partial charge in [0.25, 0.3) is 5.91 Å². The molecule has 0 aromatic heterocycles. The first kappa shape index (κ1) is 17.7. The molecule has 1 aliphatic rings. The number of aliphatic hydroxyl groups is 1. The Morgan fingerprint density at radius 2 is 1.68 bits per heavy atom. The van der Waals surface area contributed by atoms with E-state index in [2.05, 4.69) is 0 Å². The Hall–Kier alpha value is -2.13. The van der Waals surface area contributed by atoms with Crippen LogP contribution in [0.1, 0.15) is 61.1 Å². The zero-order valence-electron chi connectivity index (χ0n) is 14.9. The summed E-state index contributed by atoms with van der Waals surface area (Å²) in [5.74, 6) is 0.141. The second-order valence-corrected chi connectivity index (χ2v) is 6.83. The summed E-state index contributed by atoms with van der Waals surface area (Å²) in [5.41, 5.74) is 3.80. The third kappa shape index (κ3) is 4.29. The average Bonchev–Trinajstić information content (AvgIpc) is 2.96. The van der Waals surface area contributed by atoms with Crippen molar-refractivity contribution in [3.05, 3.63) is 59.7 Å². The molecule has 1 atom stereocenters. The van der Waals surface area contributed by atoms with Gasteiger partial charge < -0.3 is 10.0 Å². The number of hydrogen-bond donors (Lipinski definition) is 1. The Labute approximate surface area is 150 Å². The van der Waals surface area contributed by atoms with Crippen LogP contribution in [0.2, 0.25) is 0 Å². The van der Waals surface area contributed by atoms with Crippen LogP contribution < -0.4 is 0 Å². The zero-order valence-corrected chi connectivity index (χ0v) is 14.9. The van der Waals surface area contributed by atoms with Gasteiger partial charge in [0.15, 0.2) is 0 Å². The number of amides is 1. The van der Waals surface area contributed by atoms with Crippen LogP contribution in [0.25, 0.3) is 11.1 Å². The van der Waals surface area contributed by atoms with E-state index in [4.69, 9.17) is 0 Å². The van der Waals surface area contributed by atoms with Crippen LogP contribution in [0.15, 0.2) is 48.5 Å². The first-order chi connectivity index (χ1) is 12.2. The molecular formula is C22H27NO2. The summed E-state index contributed by atoms with van der Waals surface area (Å²) in [7, 11) is 0. The Kier molecular flexibility index (Phi) is 5.87. The molecule has 1 N–H and O–H groups in total.